The Hall–Kier alpha value is -2.64. The molecule has 2 bridgehead atoms. The molecule has 2 amide bonds. The summed E-state index contributed by atoms with van der Waals surface area (Å²) in [5.41, 5.74) is 1.87. The lowest BCUT2D eigenvalue weighted by Crippen LogP contribution is -2.42. The van der Waals surface area contributed by atoms with Crippen LogP contribution in [0.3, 0.4) is 0 Å². The monoisotopic (exact) mass is 460 g/mol. The number of hydrogen-bond acceptors (Lipinski definition) is 5. The Labute approximate surface area is 192 Å². The maximum atomic E-state index is 13.6. The fourth-order valence-corrected chi connectivity index (χ4v) is 9.77. The Bertz CT molecular complexity index is 1300. The van der Waals surface area contributed by atoms with E-state index in [4.69, 9.17) is 0 Å². The molecule has 2 aliphatic heterocycles. The van der Waals surface area contributed by atoms with E-state index in [0.29, 0.717) is 5.69 Å². The van der Waals surface area contributed by atoms with Gasteiger partial charge in [0.15, 0.2) is 0 Å². The Morgan fingerprint density at radius 1 is 0.844 bits per heavy atom. The second-order valence-corrected chi connectivity index (χ2v) is 11.4. The minimum atomic E-state index is -0.252. The number of anilines is 1. The van der Waals surface area contributed by atoms with Gasteiger partial charge in [0, 0.05) is 16.0 Å². The molecule has 5 nitrogen and oxygen atoms in total. The van der Waals surface area contributed by atoms with Gasteiger partial charge in [-0.15, -0.1) is 11.8 Å². The number of hydrogen-bond donors (Lipinski definition) is 1. The second kappa shape index (κ2) is 6.68. The number of thiazole rings is 1. The predicted octanol–water partition coefficient (Wildman–Crippen LogP) is 4.11. The normalized spacial score (nSPS) is 34.5. The lowest BCUT2D eigenvalue weighted by atomic mass is 9.68. The third-order valence-corrected chi connectivity index (χ3v) is 10.5. The van der Waals surface area contributed by atoms with Gasteiger partial charge in [0.25, 0.3) is 0 Å². The van der Waals surface area contributed by atoms with E-state index in [0.717, 1.165) is 16.3 Å². The van der Waals surface area contributed by atoms with Crippen LogP contribution in [-0.4, -0.2) is 22.0 Å². The number of nitrogens with zero attached hydrogens (tertiary/aromatic N) is 1. The molecule has 3 aromatic rings. The van der Waals surface area contributed by atoms with Crippen LogP contribution in [0.5, 0.6) is 0 Å². The summed E-state index contributed by atoms with van der Waals surface area (Å²) < 4.78 is 0. The molecule has 1 saturated heterocycles. The molecule has 1 N–H and O–H groups in total. The number of aromatic nitrogens is 1. The Morgan fingerprint density at radius 3 is 2.22 bits per heavy atom. The maximum Gasteiger partial charge on any atom is 0.305 e. The zero-order chi connectivity index (χ0) is 21.6. The quantitative estimate of drug-likeness (QED) is 0.584. The molecule has 2 aliphatic carbocycles. The molecule has 2 saturated carbocycles. The van der Waals surface area contributed by atoms with Crippen molar-refractivity contribution in [2.24, 2.45) is 29.6 Å². The first-order chi connectivity index (χ1) is 15.6. The van der Waals surface area contributed by atoms with E-state index >= 15 is 0 Å². The van der Waals surface area contributed by atoms with Crippen LogP contribution >= 0.6 is 23.1 Å². The number of carbonyl (C=O) groups excluding carboxylic acids is 2. The third-order valence-electron chi connectivity index (χ3n) is 7.90. The fourth-order valence-electron chi connectivity index (χ4n) is 6.88. The highest BCUT2D eigenvalue weighted by Crippen LogP contribution is 2.68. The zero-order valence-corrected chi connectivity index (χ0v) is 18.6. The number of amides is 2. The topological polar surface area (TPSA) is 70.2 Å². The van der Waals surface area contributed by atoms with E-state index in [-0.39, 0.29) is 57.4 Å². The maximum absolute atomic E-state index is 13.6. The summed E-state index contributed by atoms with van der Waals surface area (Å²) >= 11 is 3.03. The summed E-state index contributed by atoms with van der Waals surface area (Å²) in [6.07, 6.45) is 0.917. The van der Waals surface area contributed by atoms with Crippen LogP contribution in [-0.2, 0) is 9.59 Å². The van der Waals surface area contributed by atoms with Crippen molar-refractivity contribution in [1.29, 1.82) is 0 Å². The molecule has 7 heteroatoms. The van der Waals surface area contributed by atoms with Gasteiger partial charge in [0.2, 0.25) is 11.8 Å². The minimum absolute atomic E-state index is 0.0293. The van der Waals surface area contributed by atoms with Crippen LogP contribution in [0.1, 0.15) is 22.8 Å². The van der Waals surface area contributed by atoms with Gasteiger partial charge in [0.05, 0.1) is 22.5 Å². The van der Waals surface area contributed by atoms with Crippen molar-refractivity contribution in [1.82, 2.24) is 4.98 Å². The second-order valence-electron chi connectivity index (χ2n) is 9.22. The zero-order valence-electron chi connectivity index (χ0n) is 17.0. The average molecular weight is 461 g/mol. The smallest absolute Gasteiger partial charge is 0.305 e. The highest BCUT2D eigenvalue weighted by atomic mass is 32.2. The molecule has 6 unspecified atom stereocenters. The van der Waals surface area contributed by atoms with E-state index in [1.165, 1.54) is 21.8 Å². The van der Waals surface area contributed by atoms with Crippen LogP contribution in [0, 0.1) is 29.6 Å². The minimum Gasteiger partial charge on any atom is -0.307 e. The summed E-state index contributed by atoms with van der Waals surface area (Å²) in [5.74, 6) is 0.0747. The molecule has 4 aliphatic rings. The van der Waals surface area contributed by atoms with Crippen LogP contribution in [0.4, 0.5) is 5.69 Å². The van der Waals surface area contributed by atoms with Crippen molar-refractivity contribution >= 4 is 40.6 Å². The summed E-state index contributed by atoms with van der Waals surface area (Å²) in [5, 5.41) is 1.19. The molecule has 7 atom stereocenters. The van der Waals surface area contributed by atoms with Gasteiger partial charge >= 0.3 is 4.87 Å². The van der Waals surface area contributed by atoms with E-state index in [2.05, 4.69) is 17.1 Å². The van der Waals surface area contributed by atoms with E-state index < -0.39 is 0 Å². The van der Waals surface area contributed by atoms with Crippen molar-refractivity contribution in [3.05, 3.63) is 80.8 Å². The summed E-state index contributed by atoms with van der Waals surface area (Å²) in [7, 11) is 0. The molecule has 0 spiro atoms. The van der Waals surface area contributed by atoms with Gasteiger partial charge in [-0.2, -0.15) is 0 Å². The van der Waals surface area contributed by atoms with Crippen molar-refractivity contribution in [2.45, 2.75) is 22.6 Å². The molecule has 3 heterocycles. The molecule has 7 rings (SSSR count). The molecular formula is C25H20N2O3S2. The molecule has 3 fully saturated rings. The molecule has 32 heavy (non-hydrogen) atoms. The Kier molecular flexibility index (Phi) is 3.94. The highest BCUT2D eigenvalue weighted by Gasteiger charge is 2.69. The number of H-pyrrole nitrogens is 1. The number of benzene rings is 2. The summed E-state index contributed by atoms with van der Waals surface area (Å²) in [6.45, 7) is 0. The lowest BCUT2D eigenvalue weighted by Gasteiger charge is -2.43. The molecule has 1 aromatic heterocycles. The first kappa shape index (κ1) is 18.9. The largest absolute Gasteiger partial charge is 0.307 e. The lowest BCUT2D eigenvalue weighted by molar-refractivity contribution is -0.123. The van der Waals surface area contributed by atoms with E-state index in [1.54, 1.807) is 11.8 Å². The number of para-hydroxylation sites is 1. The summed E-state index contributed by atoms with van der Waals surface area (Å²) in [4.78, 5) is 44.9. The van der Waals surface area contributed by atoms with E-state index in [9.17, 15) is 14.4 Å². The third kappa shape index (κ3) is 2.38. The molecular weight excluding hydrogens is 440 g/mol. The van der Waals surface area contributed by atoms with Crippen molar-refractivity contribution in [3.8, 4) is 0 Å². The number of carbonyl (C=O) groups is 2. The standard InChI is InChI=1S/C25H20N2O3S2/c28-23-18-14-11-15(19(18)24(29)27(23)13-9-5-2-6-10-13)20-17(14)16(12-7-3-1-4-8-12)21-22(31-20)26-25(30)32-21/h1-10,14-20H,11H2,(H,26,30)/t14?,15?,16-,17?,18?,19?,20?/m1/s1. The SMILES string of the molecule is O=C1C2C3CC(C2C(=O)N1c1ccccc1)C1C3Sc2[nH]c(=O)sc2[C@@H]1c1ccccc1. The predicted molar refractivity (Wildman–Crippen MR) is 124 cm³/mol. The van der Waals surface area contributed by atoms with E-state index in [1.807, 2.05) is 48.5 Å². The van der Waals surface area contributed by atoms with Gasteiger partial charge in [0.1, 0.15) is 0 Å². The molecule has 160 valence electrons. The number of nitrogens with one attached hydrogen (secondary N) is 1. The first-order valence-electron chi connectivity index (χ1n) is 11.0. The molecule has 2 aromatic carbocycles. The number of fused-ring (bicyclic) bond motifs is 9. The van der Waals surface area contributed by atoms with Crippen LogP contribution < -0.4 is 9.77 Å². The number of imide groups is 1. The fraction of sp³-hybridized carbons (Fsp3) is 0.320. The van der Waals surface area contributed by atoms with Crippen LogP contribution in [0.2, 0.25) is 0 Å². The van der Waals surface area contributed by atoms with Crippen LogP contribution in [0.25, 0.3) is 0 Å². The number of aromatic amines is 1. The van der Waals surface area contributed by atoms with Gasteiger partial charge in [-0.25, -0.2) is 0 Å². The highest BCUT2D eigenvalue weighted by molar-refractivity contribution is 8.00. The van der Waals surface area contributed by atoms with Gasteiger partial charge in [-0.3, -0.25) is 19.3 Å². The van der Waals surface area contributed by atoms with Gasteiger partial charge < -0.3 is 4.98 Å². The van der Waals surface area contributed by atoms with Gasteiger partial charge in [-0.1, -0.05) is 59.9 Å². The van der Waals surface area contributed by atoms with Crippen molar-refractivity contribution in [2.75, 3.05) is 4.90 Å². The molecule has 0 radical (unpaired) electrons. The first-order valence-corrected chi connectivity index (χ1v) is 12.7. The van der Waals surface area contributed by atoms with Gasteiger partial charge in [-0.05, 0) is 41.9 Å². The van der Waals surface area contributed by atoms with Crippen molar-refractivity contribution in [3.63, 3.8) is 0 Å². The number of rotatable bonds is 2. The Balaban J connectivity index is 1.34. The number of thioether (sulfide) groups is 1. The Morgan fingerprint density at radius 2 is 1.50 bits per heavy atom. The van der Waals surface area contributed by atoms with Crippen molar-refractivity contribution < 1.29 is 9.59 Å². The average Bonchev–Trinajstić information content (AvgIpc) is 3.53. The van der Waals surface area contributed by atoms with Crippen LogP contribution in [0.15, 0.2) is 70.5 Å². The summed E-state index contributed by atoms with van der Waals surface area (Å²) in [6, 6.07) is 19.7.